The molecule has 0 unspecified atom stereocenters. The molecular weight excluding hydrogens is 322 g/mol. The summed E-state index contributed by atoms with van der Waals surface area (Å²) in [5, 5.41) is 12.4. The molecule has 0 saturated heterocycles. The van der Waals surface area contributed by atoms with E-state index in [1.807, 2.05) is 18.2 Å². The highest BCUT2D eigenvalue weighted by molar-refractivity contribution is 5.83. The van der Waals surface area contributed by atoms with Crippen molar-refractivity contribution in [2.75, 3.05) is 5.32 Å². The predicted octanol–water partition coefficient (Wildman–Crippen LogP) is 4.27. The van der Waals surface area contributed by atoms with E-state index in [0.717, 1.165) is 47.6 Å². The number of benzene rings is 2. The lowest BCUT2D eigenvalue weighted by molar-refractivity contribution is 0.687. The highest BCUT2D eigenvalue weighted by Crippen LogP contribution is 2.23. The number of aryl methyl sites for hydroxylation is 1. The summed E-state index contributed by atoms with van der Waals surface area (Å²) in [5.41, 5.74) is 4.11. The van der Waals surface area contributed by atoms with E-state index in [0.29, 0.717) is 0 Å². The molecule has 1 N–H and O–H groups in total. The normalized spacial score (nSPS) is 12.5. The lowest BCUT2D eigenvalue weighted by atomic mass is 10.0. The van der Waals surface area contributed by atoms with Crippen molar-refractivity contribution in [1.29, 1.82) is 0 Å². The number of fused-ring (bicyclic) bond motifs is 3. The Morgan fingerprint density at radius 1 is 0.962 bits per heavy atom. The third-order valence-electron chi connectivity index (χ3n) is 4.77. The van der Waals surface area contributed by atoms with Gasteiger partial charge in [0.05, 0.1) is 11.0 Å². The van der Waals surface area contributed by atoms with Gasteiger partial charge in [0, 0.05) is 12.5 Å². The molecule has 2 aromatic heterocycles. The van der Waals surface area contributed by atoms with Gasteiger partial charge >= 0.3 is 0 Å². The molecule has 2 heterocycles. The standard InChI is InChI=1S/C21H23N5/c1-3-16(14-15-10-6-5-7-11-15)22-20-21-25-24-19(4-2)26(21)18-13-9-8-12-17(18)23-20/h5-13,16H,3-4,14H2,1-2H3,(H,22,23)/t16-/m1/s1. The Kier molecular flexibility index (Phi) is 4.52. The fourth-order valence-corrected chi connectivity index (χ4v) is 3.36. The van der Waals surface area contributed by atoms with Crippen LogP contribution in [0.4, 0.5) is 5.82 Å². The van der Waals surface area contributed by atoms with Crippen molar-refractivity contribution >= 4 is 22.5 Å². The molecule has 0 aliphatic carbocycles. The van der Waals surface area contributed by atoms with Gasteiger partial charge in [0.25, 0.3) is 0 Å². The fraction of sp³-hybridized carbons (Fsp3) is 0.286. The Balaban J connectivity index is 1.76. The van der Waals surface area contributed by atoms with E-state index < -0.39 is 0 Å². The summed E-state index contributed by atoms with van der Waals surface area (Å²) >= 11 is 0. The number of hydrogen-bond donors (Lipinski definition) is 1. The SMILES string of the molecule is CCc1nnc2c(N[C@H](CC)Cc3ccccc3)nc3ccccc3n12. The first kappa shape index (κ1) is 16.5. The molecule has 132 valence electrons. The van der Waals surface area contributed by atoms with Gasteiger partial charge in [0.15, 0.2) is 5.82 Å². The highest BCUT2D eigenvalue weighted by atomic mass is 15.3. The largest absolute Gasteiger partial charge is 0.364 e. The summed E-state index contributed by atoms with van der Waals surface area (Å²) in [7, 11) is 0. The van der Waals surface area contributed by atoms with Crippen LogP contribution in [0.5, 0.6) is 0 Å². The van der Waals surface area contributed by atoms with Crippen LogP contribution in [0.2, 0.25) is 0 Å². The zero-order valence-corrected chi connectivity index (χ0v) is 15.2. The minimum absolute atomic E-state index is 0.289. The molecule has 5 nitrogen and oxygen atoms in total. The van der Waals surface area contributed by atoms with E-state index in [1.54, 1.807) is 0 Å². The first-order chi connectivity index (χ1) is 12.8. The van der Waals surface area contributed by atoms with Crippen LogP contribution < -0.4 is 5.32 Å². The lowest BCUT2D eigenvalue weighted by Crippen LogP contribution is -2.22. The van der Waals surface area contributed by atoms with Gasteiger partial charge in [-0.15, -0.1) is 10.2 Å². The van der Waals surface area contributed by atoms with Crippen molar-refractivity contribution in [3.8, 4) is 0 Å². The molecule has 1 atom stereocenters. The van der Waals surface area contributed by atoms with Crippen LogP contribution in [-0.2, 0) is 12.8 Å². The van der Waals surface area contributed by atoms with Crippen molar-refractivity contribution < 1.29 is 0 Å². The Morgan fingerprint density at radius 2 is 1.73 bits per heavy atom. The lowest BCUT2D eigenvalue weighted by Gasteiger charge is -2.18. The molecule has 2 aromatic carbocycles. The van der Waals surface area contributed by atoms with Gasteiger partial charge < -0.3 is 5.32 Å². The van der Waals surface area contributed by atoms with Gasteiger partial charge in [-0.2, -0.15) is 0 Å². The summed E-state index contributed by atoms with van der Waals surface area (Å²) in [4.78, 5) is 4.85. The number of hydrogen-bond acceptors (Lipinski definition) is 4. The maximum absolute atomic E-state index is 4.85. The maximum atomic E-state index is 4.85. The van der Waals surface area contributed by atoms with Crippen LogP contribution in [-0.4, -0.2) is 25.6 Å². The topological polar surface area (TPSA) is 55.1 Å². The minimum atomic E-state index is 0.289. The van der Waals surface area contributed by atoms with Crippen molar-refractivity contribution in [2.45, 2.75) is 39.2 Å². The Labute approximate surface area is 153 Å². The Hall–Kier alpha value is -2.95. The van der Waals surface area contributed by atoms with Crippen molar-refractivity contribution in [2.24, 2.45) is 0 Å². The molecule has 26 heavy (non-hydrogen) atoms. The van der Waals surface area contributed by atoms with E-state index in [4.69, 9.17) is 4.98 Å². The molecule has 0 aliphatic heterocycles. The molecular formula is C21H23N5. The Bertz CT molecular complexity index is 1020. The third kappa shape index (κ3) is 3.01. The summed E-state index contributed by atoms with van der Waals surface area (Å²) in [6.07, 6.45) is 2.78. The van der Waals surface area contributed by atoms with E-state index in [1.165, 1.54) is 5.56 Å². The Morgan fingerprint density at radius 3 is 2.50 bits per heavy atom. The fourth-order valence-electron chi connectivity index (χ4n) is 3.36. The van der Waals surface area contributed by atoms with E-state index >= 15 is 0 Å². The van der Waals surface area contributed by atoms with Crippen molar-refractivity contribution in [1.82, 2.24) is 19.6 Å². The average molecular weight is 345 g/mol. The van der Waals surface area contributed by atoms with Crippen molar-refractivity contribution in [3.05, 3.63) is 66.0 Å². The number of nitrogens with zero attached hydrogens (tertiary/aromatic N) is 4. The maximum Gasteiger partial charge on any atom is 0.204 e. The van der Waals surface area contributed by atoms with Gasteiger partial charge in [0.1, 0.15) is 5.82 Å². The first-order valence-corrected chi connectivity index (χ1v) is 9.23. The average Bonchev–Trinajstić information content (AvgIpc) is 3.13. The molecule has 4 rings (SSSR count). The monoisotopic (exact) mass is 345 g/mol. The second-order valence-electron chi connectivity index (χ2n) is 6.52. The predicted molar refractivity (Wildman–Crippen MR) is 106 cm³/mol. The van der Waals surface area contributed by atoms with E-state index in [2.05, 4.69) is 70.2 Å². The molecule has 0 radical (unpaired) electrons. The summed E-state index contributed by atoms with van der Waals surface area (Å²) in [6, 6.07) is 19.0. The summed E-state index contributed by atoms with van der Waals surface area (Å²) in [6.45, 7) is 4.29. The zero-order valence-electron chi connectivity index (χ0n) is 15.2. The van der Waals surface area contributed by atoms with Crippen LogP contribution in [0.3, 0.4) is 0 Å². The van der Waals surface area contributed by atoms with E-state index in [9.17, 15) is 0 Å². The quantitative estimate of drug-likeness (QED) is 0.567. The van der Waals surface area contributed by atoms with Crippen molar-refractivity contribution in [3.63, 3.8) is 0 Å². The smallest absolute Gasteiger partial charge is 0.204 e. The summed E-state index contributed by atoms with van der Waals surface area (Å²) < 4.78 is 2.12. The molecule has 0 aliphatic rings. The van der Waals surface area contributed by atoms with Gasteiger partial charge in [0.2, 0.25) is 5.65 Å². The molecule has 0 amide bonds. The number of aromatic nitrogens is 4. The van der Waals surface area contributed by atoms with Gasteiger partial charge in [-0.25, -0.2) is 4.98 Å². The van der Waals surface area contributed by atoms with Crippen LogP contribution in [0.1, 0.15) is 31.7 Å². The molecule has 4 aromatic rings. The van der Waals surface area contributed by atoms with Crippen LogP contribution in [0.25, 0.3) is 16.7 Å². The second kappa shape index (κ2) is 7.12. The number of rotatable bonds is 6. The number of nitrogens with one attached hydrogen (secondary N) is 1. The van der Waals surface area contributed by atoms with Gasteiger partial charge in [-0.05, 0) is 30.5 Å². The number of anilines is 1. The molecule has 0 fully saturated rings. The molecule has 5 heteroatoms. The first-order valence-electron chi connectivity index (χ1n) is 9.23. The van der Waals surface area contributed by atoms with Crippen LogP contribution in [0, 0.1) is 0 Å². The third-order valence-corrected chi connectivity index (χ3v) is 4.77. The van der Waals surface area contributed by atoms with Gasteiger partial charge in [-0.1, -0.05) is 56.3 Å². The van der Waals surface area contributed by atoms with Crippen LogP contribution in [0.15, 0.2) is 54.6 Å². The molecule has 0 saturated carbocycles. The number of para-hydroxylation sites is 2. The molecule has 0 bridgehead atoms. The van der Waals surface area contributed by atoms with E-state index in [-0.39, 0.29) is 6.04 Å². The summed E-state index contributed by atoms with van der Waals surface area (Å²) in [5.74, 6) is 1.76. The van der Waals surface area contributed by atoms with Crippen LogP contribution >= 0.6 is 0 Å². The highest BCUT2D eigenvalue weighted by Gasteiger charge is 2.16. The van der Waals surface area contributed by atoms with Gasteiger partial charge in [-0.3, -0.25) is 4.40 Å². The molecule has 0 spiro atoms. The zero-order chi connectivity index (χ0) is 17.9. The second-order valence-corrected chi connectivity index (χ2v) is 6.52. The minimum Gasteiger partial charge on any atom is -0.364 e.